The molecule has 0 bridgehead atoms. The first-order valence-corrected chi connectivity index (χ1v) is 7.63. The molecule has 19 heavy (non-hydrogen) atoms. The van der Waals surface area contributed by atoms with Crippen LogP contribution in [0.4, 0.5) is 0 Å². The van der Waals surface area contributed by atoms with Crippen LogP contribution in [-0.4, -0.2) is 0 Å². The third-order valence-corrected chi connectivity index (χ3v) is 4.92. The highest BCUT2D eigenvalue weighted by molar-refractivity contribution is 5.26. The zero-order valence-corrected chi connectivity index (χ0v) is 12.6. The summed E-state index contributed by atoms with van der Waals surface area (Å²) in [5, 5.41) is 0. The minimum absolute atomic E-state index is 0.279. The van der Waals surface area contributed by atoms with Gasteiger partial charge in [0.1, 0.15) is 0 Å². The molecule has 1 aliphatic rings. The predicted octanol–water partition coefficient (Wildman–Crippen LogP) is 3.97. The summed E-state index contributed by atoms with van der Waals surface area (Å²) >= 11 is 0. The van der Waals surface area contributed by atoms with Crippen molar-refractivity contribution in [3.8, 4) is 0 Å². The van der Waals surface area contributed by atoms with Gasteiger partial charge in [-0.15, -0.1) is 0 Å². The molecule has 2 nitrogen and oxygen atoms in total. The average molecular weight is 260 g/mol. The smallest absolute Gasteiger partial charge is 0.0493 e. The van der Waals surface area contributed by atoms with E-state index in [1.54, 1.807) is 0 Å². The lowest BCUT2D eigenvalue weighted by Gasteiger charge is -2.43. The molecule has 1 aromatic carbocycles. The van der Waals surface area contributed by atoms with Crippen LogP contribution in [0.2, 0.25) is 0 Å². The topological polar surface area (TPSA) is 38.0 Å². The van der Waals surface area contributed by atoms with Gasteiger partial charge in [0.05, 0.1) is 0 Å². The second kappa shape index (κ2) is 6.06. The van der Waals surface area contributed by atoms with Gasteiger partial charge in [0.15, 0.2) is 0 Å². The quantitative estimate of drug-likeness (QED) is 0.635. The maximum absolute atomic E-state index is 5.88. The van der Waals surface area contributed by atoms with E-state index in [1.165, 1.54) is 36.8 Å². The van der Waals surface area contributed by atoms with E-state index in [0.29, 0.717) is 11.3 Å². The lowest BCUT2D eigenvalue weighted by Crippen LogP contribution is -2.41. The Morgan fingerprint density at radius 2 is 1.95 bits per heavy atom. The zero-order valence-electron chi connectivity index (χ0n) is 12.6. The van der Waals surface area contributed by atoms with Crippen LogP contribution in [0.3, 0.4) is 0 Å². The van der Waals surface area contributed by atoms with Gasteiger partial charge >= 0.3 is 0 Å². The summed E-state index contributed by atoms with van der Waals surface area (Å²) in [5.41, 5.74) is 6.18. The number of rotatable bonds is 4. The van der Waals surface area contributed by atoms with Crippen molar-refractivity contribution in [2.75, 3.05) is 0 Å². The summed E-state index contributed by atoms with van der Waals surface area (Å²) in [6.07, 6.45) is 6.37. The van der Waals surface area contributed by atoms with Gasteiger partial charge in [0.25, 0.3) is 0 Å². The van der Waals surface area contributed by atoms with Crippen molar-refractivity contribution in [1.82, 2.24) is 5.43 Å². The number of hydrogen-bond donors (Lipinski definition) is 2. The Bertz CT molecular complexity index is 394. The summed E-state index contributed by atoms with van der Waals surface area (Å²) in [4.78, 5) is 0. The molecule has 1 saturated carbocycles. The van der Waals surface area contributed by atoms with Gasteiger partial charge in [-0.1, -0.05) is 57.9 Å². The lowest BCUT2D eigenvalue weighted by atomic mass is 9.65. The third-order valence-electron chi connectivity index (χ3n) is 4.92. The van der Waals surface area contributed by atoms with Crippen LogP contribution in [0.15, 0.2) is 24.3 Å². The summed E-state index contributed by atoms with van der Waals surface area (Å²) in [6.45, 7) is 6.97. The normalized spacial score (nSPS) is 24.1. The van der Waals surface area contributed by atoms with E-state index in [1.807, 2.05) is 0 Å². The number of hydrazine groups is 1. The molecule has 0 amide bonds. The van der Waals surface area contributed by atoms with Crippen molar-refractivity contribution < 1.29 is 0 Å². The van der Waals surface area contributed by atoms with E-state index in [-0.39, 0.29) is 6.04 Å². The van der Waals surface area contributed by atoms with E-state index in [4.69, 9.17) is 5.84 Å². The number of nitrogens with two attached hydrogens (primary N) is 1. The van der Waals surface area contributed by atoms with E-state index < -0.39 is 0 Å². The minimum Gasteiger partial charge on any atom is -0.271 e. The van der Waals surface area contributed by atoms with Crippen LogP contribution in [-0.2, 0) is 6.42 Å². The Balaban J connectivity index is 2.22. The molecule has 2 atom stereocenters. The molecule has 0 aromatic heterocycles. The average Bonchev–Trinajstić information content (AvgIpc) is 2.42. The maximum Gasteiger partial charge on any atom is 0.0493 e. The first-order valence-electron chi connectivity index (χ1n) is 7.63. The fourth-order valence-corrected chi connectivity index (χ4v) is 3.54. The molecule has 0 aliphatic heterocycles. The Morgan fingerprint density at radius 3 is 2.47 bits per heavy atom. The van der Waals surface area contributed by atoms with Gasteiger partial charge in [0.2, 0.25) is 0 Å². The van der Waals surface area contributed by atoms with Gasteiger partial charge in [-0.25, -0.2) is 0 Å². The van der Waals surface area contributed by atoms with Crippen molar-refractivity contribution in [2.45, 2.75) is 58.9 Å². The summed E-state index contributed by atoms with van der Waals surface area (Å²) < 4.78 is 0. The van der Waals surface area contributed by atoms with Gasteiger partial charge in [0, 0.05) is 6.04 Å². The van der Waals surface area contributed by atoms with Gasteiger partial charge in [-0.05, 0) is 41.7 Å². The number of benzene rings is 1. The molecule has 106 valence electrons. The summed E-state index contributed by atoms with van der Waals surface area (Å²) in [7, 11) is 0. The Morgan fingerprint density at radius 1 is 1.26 bits per heavy atom. The highest BCUT2D eigenvalue weighted by Gasteiger charge is 2.37. The number of hydrogen-bond acceptors (Lipinski definition) is 2. The zero-order chi connectivity index (χ0) is 13.9. The first kappa shape index (κ1) is 14.5. The molecular formula is C17H28N2. The predicted molar refractivity (Wildman–Crippen MR) is 81.6 cm³/mol. The Labute approximate surface area is 117 Å². The number of nitrogens with one attached hydrogen (secondary N) is 1. The monoisotopic (exact) mass is 260 g/mol. The van der Waals surface area contributed by atoms with Crippen molar-refractivity contribution in [3.05, 3.63) is 35.4 Å². The molecule has 0 radical (unpaired) electrons. The molecule has 0 heterocycles. The fourth-order valence-electron chi connectivity index (χ4n) is 3.54. The maximum atomic E-state index is 5.88. The molecule has 1 aromatic rings. The van der Waals surface area contributed by atoms with Gasteiger partial charge < -0.3 is 0 Å². The Kier molecular flexibility index (Phi) is 4.64. The standard InChI is InChI=1S/C17H28N2/c1-4-13-8-10-14(11-9-13)16(19-18)15-7-5-6-12-17(15,2)3/h8-11,15-16,19H,4-7,12,18H2,1-3H3. The van der Waals surface area contributed by atoms with Crippen LogP contribution in [0.1, 0.15) is 63.6 Å². The summed E-state index contributed by atoms with van der Waals surface area (Å²) in [6, 6.07) is 9.23. The second-order valence-corrected chi connectivity index (χ2v) is 6.58. The third kappa shape index (κ3) is 3.18. The van der Waals surface area contributed by atoms with E-state index in [9.17, 15) is 0 Å². The van der Waals surface area contributed by atoms with Crippen LogP contribution in [0.25, 0.3) is 0 Å². The number of aryl methyl sites for hydroxylation is 1. The molecule has 1 aliphatic carbocycles. The van der Waals surface area contributed by atoms with Crippen LogP contribution < -0.4 is 11.3 Å². The molecule has 3 N–H and O–H groups in total. The fraction of sp³-hybridized carbons (Fsp3) is 0.647. The van der Waals surface area contributed by atoms with E-state index >= 15 is 0 Å². The summed E-state index contributed by atoms with van der Waals surface area (Å²) in [5.74, 6) is 6.50. The molecule has 2 rings (SSSR count). The minimum atomic E-state index is 0.279. The molecule has 0 saturated heterocycles. The molecule has 2 unspecified atom stereocenters. The van der Waals surface area contributed by atoms with Gasteiger partial charge in [-0.3, -0.25) is 11.3 Å². The largest absolute Gasteiger partial charge is 0.271 e. The second-order valence-electron chi connectivity index (χ2n) is 6.58. The SMILES string of the molecule is CCc1ccc(C(NN)C2CCCCC2(C)C)cc1. The van der Waals surface area contributed by atoms with Crippen molar-refractivity contribution in [2.24, 2.45) is 17.2 Å². The van der Waals surface area contributed by atoms with Crippen molar-refractivity contribution in [1.29, 1.82) is 0 Å². The van der Waals surface area contributed by atoms with Crippen LogP contribution in [0.5, 0.6) is 0 Å². The molecule has 0 spiro atoms. The lowest BCUT2D eigenvalue weighted by molar-refractivity contribution is 0.0982. The molecule has 1 fully saturated rings. The van der Waals surface area contributed by atoms with E-state index in [0.717, 1.165) is 6.42 Å². The van der Waals surface area contributed by atoms with Gasteiger partial charge in [-0.2, -0.15) is 0 Å². The van der Waals surface area contributed by atoms with Crippen LogP contribution in [0, 0.1) is 11.3 Å². The van der Waals surface area contributed by atoms with Crippen molar-refractivity contribution in [3.63, 3.8) is 0 Å². The van der Waals surface area contributed by atoms with Crippen LogP contribution >= 0.6 is 0 Å². The highest BCUT2D eigenvalue weighted by atomic mass is 15.2. The molecular weight excluding hydrogens is 232 g/mol. The molecule has 2 heteroatoms. The van der Waals surface area contributed by atoms with E-state index in [2.05, 4.69) is 50.5 Å². The Hall–Kier alpha value is -0.860. The highest BCUT2D eigenvalue weighted by Crippen LogP contribution is 2.46. The van der Waals surface area contributed by atoms with Crippen molar-refractivity contribution >= 4 is 0 Å². The first-order chi connectivity index (χ1) is 9.08.